The Kier molecular flexibility index (Phi) is 3.71. The number of benzene rings is 1. The molecule has 0 bridgehead atoms. The van der Waals surface area contributed by atoms with Crippen LogP contribution in [0, 0.1) is 0 Å². The third kappa shape index (κ3) is 2.85. The van der Waals surface area contributed by atoms with Crippen molar-refractivity contribution in [3.05, 3.63) is 35.4 Å². The van der Waals surface area contributed by atoms with Crippen LogP contribution in [0.4, 0.5) is 4.79 Å². The van der Waals surface area contributed by atoms with E-state index in [1.54, 1.807) is 0 Å². The van der Waals surface area contributed by atoms with Crippen LogP contribution in [0.3, 0.4) is 0 Å². The number of nitrogens with zero attached hydrogens (tertiary/aromatic N) is 1. The van der Waals surface area contributed by atoms with Crippen molar-refractivity contribution >= 4 is 12.0 Å². The molecule has 0 saturated heterocycles. The van der Waals surface area contributed by atoms with Crippen molar-refractivity contribution in [1.29, 1.82) is 0 Å². The van der Waals surface area contributed by atoms with Crippen LogP contribution in [0.25, 0.3) is 0 Å². The van der Waals surface area contributed by atoms with Gasteiger partial charge in [0.05, 0.1) is 6.10 Å². The molecular formula is C13H16N2O4. The summed E-state index contributed by atoms with van der Waals surface area (Å²) in [6.07, 6.45) is -1.15. The van der Waals surface area contributed by atoms with E-state index < -0.39 is 24.1 Å². The number of carboxylic acids is 1. The van der Waals surface area contributed by atoms with Crippen molar-refractivity contribution in [1.82, 2.24) is 10.2 Å². The molecule has 2 rings (SSSR count). The fourth-order valence-corrected chi connectivity index (χ4v) is 2.09. The monoisotopic (exact) mass is 264 g/mol. The molecule has 0 fully saturated rings. The van der Waals surface area contributed by atoms with Gasteiger partial charge < -0.3 is 20.4 Å². The first-order chi connectivity index (χ1) is 8.99. The Hall–Kier alpha value is -2.08. The van der Waals surface area contributed by atoms with E-state index in [-0.39, 0.29) is 0 Å². The third-order valence-electron chi connectivity index (χ3n) is 3.16. The second-order valence-electron chi connectivity index (χ2n) is 4.63. The molecule has 1 aromatic carbocycles. The van der Waals surface area contributed by atoms with Crippen molar-refractivity contribution in [2.45, 2.75) is 32.2 Å². The summed E-state index contributed by atoms with van der Waals surface area (Å²) in [7, 11) is 0. The molecule has 1 aromatic rings. The number of aliphatic carboxylic acids is 1. The van der Waals surface area contributed by atoms with Crippen LogP contribution in [0.1, 0.15) is 18.1 Å². The van der Waals surface area contributed by atoms with Gasteiger partial charge >= 0.3 is 12.0 Å². The molecule has 0 saturated carbocycles. The molecule has 2 amide bonds. The smallest absolute Gasteiger partial charge is 0.328 e. The van der Waals surface area contributed by atoms with Crippen molar-refractivity contribution in [2.24, 2.45) is 0 Å². The predicted molar refractivity (Wildman–Crippen MR) is 67.3 cm³/mol. The largest absolute Gasteiger partial charge is 0.480 e. The first-order valence-electron chi connectivity index (χ1n) is 6.02. The lowest BCUT2D eigenvalue weighted by Gasteiger charge is -2.22. The molecule has 6 heteroatoms. The Morgan fingerprint density at radius 1 is 1.26 bits per heavy atom. The average molecular weight is 264 g/mol. The number of fused-ring (bicyclic) bond motifs is 1. The Bertz CT molecular complexity index is 476. The minimum absolute atomic E-state index is 0.453. The zero-order valence-corrected chi connectivity index (χ0v) is 10.5. The third-order valence-corrected chi connectivity index (χ3v) is 3.16. The molecule has 102 valence electrons. The standard InChI is InChI=1S/C13H16N2O4/c1-8(16)11(12(17)18)14-13(19)15-6-9-4-2-3-5-10(9)7-15/h2-5,8,11,16H,6-7H2,1H3,(H,14,19)(H,17,18). The van der Waals surface area contributed by atoms with Gasteiger partial charge in [-0.05, 0) is 18.1 Å². The zero-order chi connectivity index (χ0) is 14.0. The van der Waals surface area contributed by atoms with E-state index in [1.165, 1.54) is 11.8 Å². The highest BCUT2D eigenvalue weighted by Gasteiger charge is 2.29. The zero-order valence-electron chi connectivity index (χ0n) is 10.5. The molecule has 19 heavy (non-hydrogen) atoms. The van der Waals surface area contributed by atoms with Crippen molar-refractivity contribution in [3.63, 3.8) is 0 Å². The average Bonchev–Trinajstić information content (AvgIpc) is 2.78. The minimum Gasteiger partial charge on any atom is -0.480 e. The highest BCUT2D eigenvalue weighted by molar-refractivity contribution is 5.83. The molecule has 0 radical (unpaired) electrons. The molecule has 0 aromatic heterocycles. The Balaban J connectivity index is 2.01. The van der Waals surface area contributed by atoms with Gasteiger partial charge in [-0.3, -0.25) is 0 Å². The lowest BCUT2D eigenvalue weighted by molar-refractivity contribution is -0.141. The molecule has 1 aliphatic rings. The maximum absolute atomic E-state index is 12.0. The number of hydrogen-bond acceptors (Lipinski definition) is 3. The number of amides is 2. The van der Waals surface area contributed by atoms with Gasteiger partial charge in [0, 0.05) is 13.1 Å². The van der Waals surface area contributed by atoms with Gasteiger partial charge in [-0.15, -0.1) is 0 Å². The van der Waals surface area contributed by atoms with Crippen LogP contribution in [-0.4, -0.2) is 39.3 Å². The summed E-state index contributed by atoms with van der Waals surface area (Å²) in [5.41, 5.74) is 2.11. The molecule has 0 aliphatic carbocycles. The van der Waals surface area contributed by atoms with Crippen LogP contribution in [-0.2, 0) is 17.9 Å². The molecule has 1 heterocycles. The summed E-state index contributed by atoms with van der Waals surface area (Å²) in [6.45, 7) is 2.24. The van der Waals surface area contributed by atoms with Crippen LogP contribution in [0.2, 0.25) is 0 Å². The van der Waals surface area contributed by atoms with E-state index >= 15 is 0 Å². The number of carbonyl (C=O) groups is 2. The van der Waals surface area contributed by atoms with Gasteiger partial charge in [-0.1, -0.05) is 24.3 Å². The second kappa shape index (κ2) is 5.27. The van der Waals surface area contributed by atoms with E-state index in [0.29, 0.717) is 13.1 Å². The Morgan fingerprint density at radius 2 is 1.79 bits per heavy atom. The van der Waals surface area contributed by atoms with Crippen molar-refractivity contribution < 1.29 is 19.8 Å². The van der Waals surface area contributed by atoms with Crippen LogP contribution >= 0.6 is 0 Å². The molecule has 0 spiro atoms. The molecule has 2 atom stereocenters. The maximum atomic E-state index is 12.0. The number of hydrogen-bond donors (Lipinski definition) is 3. The fourth-order valence-electron chi connectivity index (χ4n) is 2.09. The molecular weight excluding hydrogens is 248 g/mol. The number of urea groups is 1. The van der Waals surface area contributed by atoms with Crippen LogP contribution in [0.5, 0.6) is 0 Å². The summed E-state index contributed by atoms with van der Waals surface area (Å²) in [4.78, 5) is 24.4. The molecule has 3 N–H and O–H groups in total. The molecule has 6 nitrogen and oxygen atoms in total. The van der Waals surface area contributed by atoms with Crippen molar-refractivity contribution in [2.75, 3.05) is 0 Å². The van der Waals surface area contributed by atoms with E-state index in [2.05, 4.69) is 5.32 Å². The first-order valence-corrected chi connectivity index (χ1v) is 6.02. The Labute approximate surface area is 110 Å². The minimum atomic E-state index is -1.30. The Morgan fingerprint density at radius 3 is 2.21 bits per heavy atom. The SMILES string of the molecule is CC(O)C(NC(=O)N1Cc2ccccc2C1)C(=O)O. The quantitative estimate of drug-likeness (QED) is 0.743. The fraction of sp³-hybridized carbons (Fsp3) is 0.385. The van der Waals surface area contributed by atoms with Crippen LogP contribution in [0.15, 0.2) is 24.3 Å². The number of aliphatic hydroxyl groups excluding tert-OH is 1. The number of carboxylic acid groups (broad SMARTS) is 1. The predicted octanol–water partition coefficient (Wildman–Crippen LogP) is 0.546. The maximum Gasteiger partial charge on any atom is 0.328 e. The van der Waals surface area contributed by atoms with E-state index in [1.807, 2.05) is 24.3 Å². The normalized spacial score (nSPS) is 16.6. The number of aliphatic hydroxyl groups is 1. The summed E-state index contributed by atoms with van der Waals surface area (Å²) in [5, 5.41) is 20.6. The molecule has 1 aliphatic heterocycles. The number of rotatable bonds is 3. The summed E-state index contributed by atoms with van der Waals surface area (Å²) < 4.78 is 0. The van der Waals surface area contributed by atoms with E-state index in [0.717, 1.165) is 11.1 Å². The van der Waals surface area contributed by atoms with Crippen molar-refractivity contribution in [3.8, 4) is 0 Å². The summed E-state index contributed by atoms with van der Waals surface area (Å²) in [5.74, 6) is -1.25. The van der Waals surface area contributed by atoms with Gasteiger partial charge in [0.15, 0.2) is 6.04 Å². The lowest BCUT2D eigenvalue weighted by Crippen LogP contribution is -2.51. The van der Waals surface area contributed by atoms with Gasteiger partial charge in [0.25, 0.3) is 0 Å². The van der Waals surface area contributed by atoms with E-state index in [9.17, 15) is 14.7 Å². The van der Waals surface area contributed by atoms with Gasteiger partial charge in [-0.2, -0.15) is 0 Å². The molecule has 2 unspecified atom stereocenters. The van der Waals surface area contributed by atoms with Crippen LogP contribution < -0.4 is 5.32 Å². The van der Waals surface area contributed by atoms with Gasteiger partial charge in [0.1, 0.15) is 0 Å². The van der Waals surface area contributed by atoms with E-state index in [4.69, 9.17) is 5.11 Å². The topological polar surface area (TPSA) is 89.9 Å². The van der Waals surface area contributed by atoms with Gasteiger partial charge in [-0.25, -0.2) is 9.59 Å². The summed E-state index contributed by atoms with van der Waals surface area (Å²) >= 11 is 0. The lowest BCUT2D eigenvalue weighted by atomic mass is 10.1. The highest BCUT2D eigenvalue weighted by atomic mass is 16.4. The summed E-state index contributed by atoms with van der Waals surface area (Å²) in [6, 6.07) is 5.89. The number of nitrogens with one attached hydrogen (secondary N) is 1. The first kappa shape index (κ1) is 13.4. The van der Waals surface area contributed by atoms with Gasteiger partial charge in [0.2, 0.25) is 0 Å². The highest BCUT2D eigenvalue weighted by Crippen LogP contribution is 2.22. The number of carbonyl (C=O) groups excluding carboxylic acids is 1. The second-order valence-corrected chi connectivity index (χ2v) is 4.63.